The smallest absolute Gasteiger partial charge is 0.254 e. The van der Waals surface area contributed by atoms with Crippen molar-refractivity contribution in [2.75, 3.05) is 11.9 Å². The standard InChI is InChI=1S/C14H16BrCl2NO/c15-5-6-18(13-3-1-2-4-13)14(19)10-7-11(16)9-12(17)8-10/h7-9,13H,1-6H2. The van der Waals surface area contributed by atoms with Gasteiger partial charge in [0.25, 0.3) is 5.91 Å². The zero-order chi connectivity index (χ0) is 13.8. The lowest BCUT2D eigenvalue weighted by Crippen LogP contribution is -2.40. The first-order valence-corrected chi connectivity index (χ1v) is 8.32. The van der Waals surface area contributed by atoms with Crippen LogP contribution in [0.25, 0.3) is 0 Å². The van der Waals surface area contributed by atoms with Crippen LogP contribution in [0.4, 0.5) is 0 Å². The summed E-state index contributed by atoms with van der Waals surface area (Å²) in [7, 11) is 0. The lowest BCUT2D eigenvalue weighted by atomic mass is 10.1. The van der Waals surface area contributed by atoms with Crippen LogP contribution in [-0.4, -0.2) is 28.7 Å². The first-order valence-electron chi connectivity index (χ1n) is 6.45. The molecule has 1 aromatic rings. The molecule has 0 bridgehead atoms. The van der Waals surface area contributed by atoms with Crippen molar-refractivity contribution in [3.8, 4) is 0 Å². The van der Waals surface area contributed by atoms with E-state index < -0.39 is 0 Å². The monoisotopic (exact) mass is 363 g/mol. The lowest BCUT2D eigenvalue weighted by Gasteiger charge is -2.28. The van der Waals surface area contributed by atoms with Crippen LogP contribution in [-0.2, 0) is 0 Å². The highest BCUT2D eigenvalue weighted by Gasteiger charge is 2.27. The maximum atomic E-state index is 12.6. The summed E-state index contributed by atoms with van der Waals surface area (Å²) in [5.74, 6) is 0.0238. The van der Waals surface area contributed by atoms with E-state index in [9.17, 15) is 4.79 Å². The van der Waals surface area contributed by atoms with E-state index in [1.807, 2.05) is 4.90 Å². The van der Waals surface area contributed by atoms with Crippen LogP contribution in [0.15, 0.2) is 18.2 Å². The Morgan fingerprint density at radius 1 is 1.21 bits per heavy atom. The topological polar surface area (TPSA) is 20.3 Å². The highest BCUT2D eigenvalue weighted by atomic mass is 79.9. The van der Waals surface area contributed by atoms with Crippen LogP contribution in [0, 0.1) is 0 Å². The van der Waals surface area contributed by atoms with Crippen LogP contribution in [0.5, 0.6) is 0 Å². The molecule has 5 heteroatoms. The molecule has 1 aromatic carbocycles. The fraction of sp³-hybridized carbons (Fsp3) is 0.500. The van der Waals surface area contributed by atoms with Gasteiger partial charge in [0, 0.05) is 33.5 Å². The van der Waals surface area contributed by atoms with Gasteiger partial charge in [-0.15, -0.1) is 0 Å². The third-order valence-electron chi connectivity index (χ3n) is 3.46. The number of amides is 1. The molecule has 0 aliphatic heterocycles. The molecule has 19 heavy (non-hydrogen) atoms. The van der Waals surface area contributed by atoms with E-state index >= 15 is 0 Å². The van der Waals surface area contributed by atoms with Gasteiger partial charge in [0.15, 0.2) is 0 Å². The lowest BCUT2D eigenvalue weighted by molar-refractivity contribution is 0.0696. The zero-order valence-electron chi connectivity index (χ0n) is 10.5. The first kappa shape index (κ1) is 15.1. The molecule has 1 aliphatic rings. The van der Waals surface area contributed by atoms with Crippen LogP contribution in [0.1, 0.15) is 36.0 Å². The molecule has 0 atom stereocenters. The van der Waals surface area contributed by atoms with Gasteiger partial charge in [-0.05, 0) is 31.0 Å². The Hall–Kier alpha value is -0.250. The van der Waals surface area contributed by atoms with Gasteiger partial charge in [-0.1, -0.05) is 52.0 Å². The van der Waals surface area contributed by atoms with E-state index in [0.717, 1.165) is 18.2 Å². The molecule has 0 unspecified atom stereocenters. The molecular weight excluding hydrogens is 349 g/mol. The summed E-state index contributed by atoms with van der Waals surface area (Å²) < 4.78 is 0. The molecule has 0 aromatic heterocycles. The molecule has 0 N–H and O–H groups in total. The van der Waals surface area contributed by atoms with Crippen molar-refractivity contribution in [2.45, 2.75) is 31.7 Å². The summed E-state index contributed by atoms with van der Waals surface area (Å²) in [5, 5.41) is 1.78. The Morgan fingerprint density at radius 2 is 1.79 bits per heavy atom. The molecule has 2 rings (SSSR count). The number of hydrogen-bond acceptors (Lipinski definition) is 1. The minimum Gasteiger partial charge on any atom is -0.335 e. The minimum absolute atomic E-state index is 0.0238. The summed E-state index contributed by atoms with van der Waals surface area (Å²) in [6.45, 7) is 0.716. The van der Waals surface area contributed by atoms with Crippen LogP contribution in [0.3, 0.4) is 0 Å². The van der Waals surface area contributed by atoms with Crippen molar-refractivity contribution in [1.82, 2.24) is 4.90 Å². The molecule has 1 amide bonds. The van der Waals surface area contributed by atoms with Gasteiger partial charge in [0.2, 0.25) is 0 Å². The maximum absolute atomic E-state index is 12.6. The van der Waals surface area contributed by atoms with Gasteiger partial charge >= 0.3 is 0 Å². The Kier molecular flexibility index (Phi) is 5.55. The average Bonchev–Trinajstić information content (AvgIpc) is 2.87. The Balaban J connectivity index is 2.22. The Labute approximate surface area is 132 Å². The number of halogens is 3. The fourth-order valence-electron chi connectivity index (χ4n) is 2.60. The summed E-state index contributed by atoms with van der Waals surface area (Å²) in [6.07, 6.45) is 4.58. The predicted octanol–water partition coefficient (Wildman–Crippen LogP) is 4.77. The van der Waals surface area contributed by atoms with Gasteiger partial charge in [-0.2, -0.15) is 0 Å². The second-order valence-electron chi connectivity index (χ2n) is 4.78. The molecule has 0 radical (unpaired) electrons. The van der Waals surface area contributed by atoms with Crippen molar-refractivity contribution in [3.63, 3.8) is 0 Å². The number of carbonyl (C=O) groups is 1. The van der Waals surface area contributed by atoms with Gasteiger partial charge in [0.1, 0.15) is 0 Å². The van der Waals surface area contributed by atoms with Gasteiger partial charge in [-0.3, -0.25) is 4.79 Å². The second kappa shape index (κ2) is 6.96. The minimum atomic E-state index is 0.0238. The molecule has 0 saturated heterocycles. The third kappa shape index (κ3) is 3.87. The fourth-order valence-corrected chi connectivity index (χ4v) is 3.51. The van der Waals surface area contributed by atoms with Crippen molar-refractivity contribution >= 4 is 45.0 Å². The molecule has 0 spiro atoms. The molecule has 1 saturated carbocycles. The van der Waals surface area contributed by atoms with E-state index in [1.54, 1.807) is 18.2 Å². The summed E-state index contributed by atoms with van der Waals surface area (Å²) in [4.78, 5) is 14.6. The Bertz CT molecular complexity index is 441. The number of rotatable bonds is 4. The van der Waals surface area contributed by atoms with E-state index in [0.29, 0.717) is 28.2 Å². The average molecular weight is 365 g/mol. The molecular formula is C14H16BrCl2NO. The zero-order valence-corrected chi connectivity index (χ0v) is 13.6. The highest BCUT2D eigenvalue weighted by Crippen LogP contribution is 2.26. The van der Waals surface area contributed by atoms with Gasteiger partial charge < -0.3 is 4.90 Å². The second-order valence-corrected chi connectivity index (χ2v) is 6.45. The molecule has 104 valence electrons. The summed E-state index contributed by atoms with van der Waals surface area (Å²) in [6, 6.07) is 5.37. The maximum Gasteiger partial charge on any atom is 0.254 e. The van der Waals surface area contributed by atoms with Crippen molar-refractivity contribution in [2.24, 2.45) is 0 Å². The number of nitrogens with zero attached hydrogens (tertiary/aromatic N) is 1. The van der Waals surface area contributed by atoms with E-state index in [2.05, 4.69) is 15.9 Å². The first-order chi connectivity index (χ1) is 9.11. The predicted molar refractivity (Wildman–Crippen MR) is 83.5 cm³/mol. The van der Waals surface area contributed by atoms with E-state index in [-0.39, 0.29) is 5.91 Å². The molecule has 2 nitrogen and oxygen atoms in total. The molecule has 1 fully saturated rings. The SMILES string of the molecule is O=C(c1cc(Cl)cc(Cl)c1)N(CCBr)C1CCCC1. The van der Waals surface area contributed by atoms with Crippen LogP contribution < -0.4 is 0 Å². The highest BCUT2D eigenvalue weighted by molar-refractivity contribution is 9.09. The van der Waals surface area contributed by atoms with Crippen LogP contribution >= 0.6 is 39.1 Å². The van der Waals surface area contributed by atoms with E-state index in [4.69, 9.17) is 23.2 Å². The number of benzene rings is 1. The number of hydrogen-bond donors (Lipinski definition) is 0. The number of alkyl halides is 1. The molecule has 0 heterocycles. The normalized spacial score (nSPS) is 15.7. The van der Waals surface area contributed by atoms with E-state index in [1.165, 1.54) is 12.8 Å². The van der Waals surface area contributed by atoms with Crippen molar-refractivity contribution < 1.29 is 4.79 Å². The summed E-state index contributed by atoms with van der Waals surface area (Å²) >= 11 is 15.4. The Morgan fingerprint density at radius 3 is 2.32 bits per heavy atom. The van der Waals surface area contributed by atoms with Crippen molar-refractivity contribution in [1.29, 1.82) is 0 Å². The van der Waals surface area contributed by atoms with Gasteiger partial charge in [-0.25, -0.2) is 0 Å². The summed E-state index contributed by atoms with van der Waals surface area (Å²) in [5.41, 5.74) is 0.574. The third-order valence-corrected chi connectivity index (χ3v) is 4.25. The largest absolute Gasteiger partial charge is 0.335 e. The van der Waals surface area contributed by atoms with Gasteiger partial charge in [0.05, 0.1) is 0 Å². The molecule has 1 aliphatic carbocycles. The van der Waals surface area contributed by atoms with Crippen LogP contribution in [0.2, 0.25) is 10.0 Å². The number of carbonyl (C=O) groups excluding carboxylic acids is 1. The van der Waals surface area contributed by atoms with Crippen molar-refractivity contribution in [3.05, 3.63) is 33.8 Å². The quantitative estimate of drug-likeness (QED) is 0.704.